The Bertz CT molecular complexity index is 343. The molecule has 114 valence electrons. The van der Waals surface area contributed by atoms with Gasteiger partial charge in [0.25, 0.3) is 0 Å². The Labute approximate surface area is 124 Å². The molecule has 1 aromatic carbocycles. The number of benzene rings is 1. The molecule has 0 amide bonds. The lowest BCUT2D eigenvalue weighted by molar-refractivity contribution is 0.319. The van der Waals surface area contributed by atoms with E-state index in [2.05, 4.69) is 73.7 Å². The first-order chi connectivity index (χ1) is 9.47. The summed E-state index contributed by atoms with van der Waals surface area (Å²) in [6.07, 6.45) is 1.19. The molecular weight excluding hydrogens is 246 g/mol. The molecule has 20 heavy (non-hydrogen) atoms. The largest absolute Gasteiger partial charge is 0.315 e. The molecule has 0 fully saturated rings. The first kappa shape index (κ1) is 17.2. The third kappa shape index (κ3) is 9.08. The van der Waals surface area contributed by atoms with Gasteiger partial charge in [-0.3, -0.25) is 0 Å². The Morgan fingerprint density at radius 1 is 1.00 bits per heavy atom. The number of nitrogens with one attached hydrogen (secondary N) is 2. The van der Waals surface area contributed by atoms with Gasteiger partial charge in [0.2, 0.25) is 0 Å². The van der Waals surface area contributed by atoms with Crippen LogP contribution in [-0.2, 0) is 6.54 Å². The molecule has 1 aromatic rings. The Kier molecular flexibility index (Phi) is 7.82. The second-order valence-electron chi connectivity index (χ2n) is 6.50. The van der Waals surface area contributed by atoms with Crippen LogP contribution in [0.15, 0.2) is 30.3 Å². The van der Waals surface area contributed by atoms with Crippen LogP contribution in [-0.4, -0.2) is 43.7 Å². The summed E-state index contributed by atoms with van der Waals surface area (Å²) in [4.78, 5) is 2.38. The summed E-state index contributed by atoms with van der Waals surface area (Å²) in [5.41, 5.74) is 1.61. The number of nitrogens with zero attached hydrogens (tertiary/aromatic N) is 1. The summed E-state index contributed by atoms with van der Waals surface area (Å²) in [5.74, 6) is 0. The second kappa shape index (κ2) is 9.11. The van der Waals surface area contributed by atoms with Gasteiger partial charge in [-0.1, -0.05) is 30.3 Å². The fourth-order valence-electron chi connectivity index (χ4n) is 2.10. The average Bonchev–Trinajstić information content (AvgIpc) is 2.37. The van der Waals surface area contributed by atoms with Crippen LogP contribution >= 0.6 is 0 Å². The van der Waals surface area contributed by atoms with E-state index in [1.807, 2.05) is 0 Å². The normalized spacial score (nSPS) is 12.1. The monoisotopic (exact) mass is 277 g/mol. The van der Waals surface area contributed by atoms with Crippen LogP contribution < -0.4 is 10.6 Å². The maximum atomic E-state index is 3.49. The van der Waals surface area contributed by atoms with Gasteiger partial charge in [-0.25, -0.2) is 0 Å². The van der Waals surface area contributed by atoms with Crippen molar-refractivity contribution in [2.45, 2.75) is 39.3 Å². The van der Waals surface area contributed by atoms with Crippen LogP contribution in [0.25, 0.3) is 0 Å². The van der Waals surface area contributed by atoms with Gasteiger partial charge in [0.15, 0.2) is 0 Å². The van der Waals surface area contributed by atoms with Gasteiger partial charge in [-0.15, -0.1) is 0 Å². The van der Waals surface area contributed by atoms with E-state index in [1.165, 1.54) is 12.0 Å². The van der Waals surface area contributed by atoms with E-state index < -0.39 is 0 Å². The number of hydrogen-bond acceptors (Lipinski definition) is 3. The third-order valence-corrected chi connectivity index (χ3v) is 3.15. The Balaban J connectivity index is 1.98. The van der Waals surface area contributed by atoms with Gasteiger partial charge >= 0.3 is 0 Å². The molecule has 0 saturated heterocycles. The van der Waals surface area contributed by atoms with Crippen LogP contribution in [0.1, 0.15) is 32.8 Å². The highest BCUT2D eigenvalue weighted by Crippen LogP contribution is 2.02. The van der Waals surface area contributed by atoms with Crippen LogP contribution in [0.4, 0.5) is 0 Å². The molecule has 0 unspecified atom stereocenters. The van der Waals surface area contributed by atoms with Gasteiger partial charge in [-0.2, -0.15) is 0 Å². The molecule has 3 nitrogen and oxygen atoms in total. The molecule has 0 bridgehead atoms. The highest BCUT2D eigenvalue weighted by Gasteiger charge is 2.06. The van der Waals surface area contributed by atoms with Gasteiger partial charge in [-0.05, 0) is 52.9 Å². The maximum Gasteiger partial charge on any atom is 0.0230 e. The molecule has 3 heteroatoms. The molecule has 0 aromatic heterocycles. The third-order valence-electron chi connectivity index (χ3n) is 3.15. The molecule has 1 rings (SSSR count). The summed E-state index contributed by atoms with van der Waals surface area (Å²) in [6.45, 7) is 11.9. The quantitative estimate of drug-likeness (QED) is 0.679. The van der Waals surface area contributed by atoms with Gasteiger partial charge < -0.3 is 15.5 Å². The van der Waals surface area contributed by atoms with Crippen molar-refractivity contribution in [1.29, 1.82) is 0 Å². The maximum absolute atomic E-state index is 3.49. The lowest BCUT2D eigenvalue weighted by Crippen LogP contribution is -2.40. The molecule has 0 heterocycles. The standard InChI is InChI=1S/C17H31N3/c1-17(2,3)19-13-12-18-11-8-14-20(4)15-16-9-6-5-7-10-16/h5-7,9-10,18-19H,8,11-15H2,1-4H3. The Morgan fingerprint density at radius 2 is 1.70 bits per heavy atom. The summed E-state index contributed by atoms with van der Waals surface area (Å²) in [6, 6.07) is 10.7. The van der Waals surface area contributed by atoms with Gasteiger partial charge in [0.1, 0.15) is 0 Å². The summed E-state index contributed by atoms with van der Waals surface area (Å²) in [7, 11) is 2.19. The Hall–Kier alpha value is -0.900. The van der Waals surface area contributed by atoms with Gasteiger partial charge in [0.05, 0.1) is 0 Å². The smallest absolute Gasteiger partial charge is 0.0230 e. The van der Waals surface area contributed by atoms with Crippen LogP contribution in [0.2, 0.25) is 0 Å². The molecule has 0 aliphatic heterocycles. The molecule has 0 saturated carbocycles. The zero-order valence-electron chi connectivity index (χ0n) is 13.6. The molecule has 0 atom stereocenters. The number of hydrogen-bond donors (Lipinski definition) is 2. The van der Waals surface area contributed by atoms with Gasteiger partial charge in [0, 0.05) is 25.2 Å². The summed E-state index contributed by atoms with van der Waals surface area (Å²) >= 11 is 0. The topological polar surface area (TPSA) is 27.3 Å². The van der Waals surface area contributed by atoms with Crippen molar-refractivity contribution in [1.82, 2.24) is 15.5 Å². The van der Waals surface area contributed by atoms with E-state index in [4.69, 9.17) is 0 Å². The van der Waals surface area contributed by atoms with Crippen LogP contribution in [0.5, 0.6) is 0 Å². The van der Waals surface area contributed by atoms with E-state index in [0.29, 0.717) is 0 Å². The minimum atomic E-state index is 0.220. The predicted molar refractivity (Wildman–Crippen MR) is 88.0 cm³/mol. The SMILES string of the molecule is CN(CCCNCCNC(C)(C)C)Cc1ccccc1. The summed E-state index contributed by atoms with van der Waals surface area (Å²) in [5, 5.41) is 6.97. The van der Waals surface area contributed by atoms with Crippen LogP contribution in [0.3, 0.4) is 0 Å². The van der Waals surface area contributed by atoms with E-state index in [-0.39, 0.29) is 5.54 Å². The lowest BCUT2D eigenvalue weighted by Gasteiger charge is -2.20. The van der Waals surface area contributed by atoms with Crippen molar-refractivity contribution >= 4 is 0 Å². The average molecular weight is 277 g/mol. The highest BCUT2D eigenvalue weighted by atomic mass is 15.1. The molecule has 0 aliphatic carbocycles. The van der Waals surface area contributed by atoms with E-state index in [9.17, 15) is 0 Å². The van der Waals surface area contributed by atoms with Crippen molar-refractivity contribution in [3.8, 4) is 0 Å². The molecule has 2 N–H and O–H groups in total. The first-order valence-electron chi connectivity index (χ1n) is 7.65. The number of rotatable bonds is 9. The fourth-order valence-corrected chi connectivity index (χ4v) is 2.10. The first-order valence-corrected chi connectivity index (χ1v) is 7.65. The Morgan fingerprint density at radius 3 is 2.35 bits per heavy atom. The van der Waals surface area contributed by atoms with E-state index >= 15 is 0 Å². The highest BCUT2D eigenvalue weighted by molar-refractivity contribution is 5.14. The molecular formula is C17H31N3. The fraction of sp³-hybridized carbons (Fsp3) is 0.647. The van der Waals surface area contributed by atoms with E-state index in [0.717, 1.165) is 32.7 Å². The van der Waals surface area contributed by atoms with E-state index in [1.54, 1.807) is 0 Å². The van der Waals surface area contributed by atoms with Crippen LogP contribution in [0, 0.1) is 0 Å². The van der Waals surface area contributed by atoms with Crippen molar-refractivity contribution < 1.29 is 0 Å². The molecule has 0 radical (unpaired) electrons. The molecule has 0 spiro atoms. The zero-order valence-corrected chi connectivity index (χ0v) is 13.6. The van der Waals surface area contributed by atoms with Crippen molar-refractivity contribution in [2.24, 2.45) is 0 Å². The minimum Gasteiger partial charge on any atom is -0.315 e. The second-order valence-corrected chi connectivity index (χ2v) is 6.50. The lowest BCUT2D eigenvalue weighted by atomic mass is 10.1. The predicted octanol–water partition coefficient (Wildman–Crippen LogP) is 2.49. The van der Waals surface area contributed by atoms with Crippen molar-refractivity contribution in [3.05, 3.63) is 35.9 Å². The minimum absolute atomic E-state index is 0.220. The molecule has 0 aliphatic rings. The zero-order chi connectivity index (χ0) is 14.8. The van der Waals surface area contributed by atoms with Crippen molar-refractivity contribution in [2.75, 3.05) is 33.2 Å². The summed E-state index contributed by atoms with van der Waals surface area (Å²) < 4.78 is 0. The van der Waals surface area contributed by atoms with Crippen molar-refractivity contribution in [3.63, 3.8) is 0 Å².